The van der Waals surface area contributed by atoms with Crippen molar-refractivity contribution in [2.75, 3.05) is 37.2 Å². The highest BCUT2D eigenvalue weighted by Crippen LogP contribution is 2.10. The first kappa shape index (κ1) is 41.0. The van der Waals surface area contributed by atoms with Crippen molar-refractivity contribution in [3.63, 3.8) is 0 Å². The molecule has 0 fully saturated rings. The van der Waals surface area contributed by atoms with Crippen LogP contribution in [0.2, 0.25) is 0 Å². The first-order valence-corrected chi connectivity index (χ1v) is 15.2. The third kappa shape index (κ3) is 14.2. The number of aliphatic imine (C=N–C) groups is 1. The molecule has 0 saturated carbocycles. The van der Waals surface area contributed by atoms with E-state index >= 15 is 0 Å². The second-order valence-electron chi connectivity index (χ2n) is 10.2. The number of carboxylic acids is 1. The molecular formula is C27H44N12O8S. The molecule has 0 saturated heterocycles. The highest BCUT2D eigenvalue weighted by Gasteiger charge is 2.31. The summed E-state index contributed by atoms with van der Waals surface area (Å²) in [6.45, 7) is 0.394. The van der Waals surface area contributed by atoms with Crippen LogP contribution in [0.25, 0.3) is 0 Å². The van der Waals surface area contributed by atoms with E-state index in [-0.39, 0.29) is 48.9 Å². The summed E-state index contributed by atoms with van der Waals surface area (Å²) < 4.78 is 0. The Morgan fingerprint density at radius 2 is 1.19 bits per heavy atom. The lowest BCUT2D eigenvalue weighted by Gasteiger charge is -2.25. The summed E-state index contributed by atoms with van der Waals surface area (Å²) in [6.07, 6.45) is 0.226. The van der Waals surface area contributed by atoms with Crippen LogP contribution in [-0.4, -0.2) is 115 Å². The number of hydrogen-bond donors (Lipinski definition) is 13. The van der Waals surface area contributed by atoms with E-state index in [1.54, 1.807) is 0 Å². The average Bonchev–Trinajstić information content (AvgIpc) is 3.05. The van der Waals surface area contributed by atoms with Gasteiger partial charge in [-0.15, -0.1) is 0 Å². The van der Waals surface area contributed by atoms with Gasteiger partial charge >= 0.3 is 5.97 Å². The molecular weight excluding hydrogens is 652 g/mol. The molecule has 0 heterocycles. The van der Waals surface area contributed by atoms with Gasteiger partial charge in [0, 0.05) is 31.9 Å². The lowest BCUT2D eigenvalue weighted by atomic mass is 10.1. The minimum absolute atomic E-state index is 0.00451. The molecule has 6 amide bonds. The number of carboxylic acid groups (broad SMARTS) is 1. The maximum Gasteiger partial charge on any atom is 0.335 e. The Balaban J connectivity index is 2.98. The van der Waals surface area contributed by atoms with Crippen molar-refractivity contribution in [3.05, 3.63) is 29.8 Å². The molecule has 1 aromatic rings. The predicted molar refractivity (Wildman–Crippen MR) is 178 cm³/mol. The molecule has 5 atom stereocenters. The quantitative estimate of drug-likeness (QED) is 0.0262. The second kappa shape index (κ2) is 21.0. The number of nitrogens with zero attached hydrogens (tertiary/aromatic N) is 1. The fourth-order valence-corrected chi connectivity index (χ4v) is 3.94. The van der Waals surface area contributed by atoms with Gasteiger partial charge in [0.2, 0.25) is 35.4 Å². The molecule has 0 aliphatic carbocycles. The Hall–Kier alpha value is -4.99. The van der Waals surface area contributed by atoms with Crippen LogP contribution in [0.15, 0.2) is 29.3 Å². The topological polar surface area (TPSA) is 354 Å². The van der Waals surface area contributed by atoms with Gasteiger partial charge in [-0.1, -0.05) is 0 Å². The van der Waals surface area contributed by atoms with E-state index in [1.807, 2.05) is 0 Å². The summed E-state index contributed by atoms with van der Waals surface area (Å²) in [5, 5.41) is 23.6. The predicted octanol–water partition coefficient (Wildman–Crippen LogP) is -5.37. The molecule has 1 aromatic carbocycles. The van der Waals surface area contributed by atoms with Crippen molar-refractivity contribution in [1.82, 2.24) is 26.6 Å². The van der Waals surface area contributed by atoms with E-state index in [2.05, 4.69) is 49.5 Å². The first-order chi connectivity index (χ1) is 22.7. The zero-order valence-electron chi connectivity index (χ0n) is 26.2. The summed E-state index contributed by atoms with van der Waals surface area (Å²) in [7, 11) is 0. The highest BCUT2D eigenvalue weighted by atomic mass is 32.1. The molecule has 0 aliphatic heterocycles. The number of nitrogens with one attached hydrogen (secondary N) is 6. The van der Waals surface area contributed by atoms with Crippen molar-refractivity contribution in [3.8, 4) is 0 Å². The fourth-order valence-electron chi connectivity index (χ4n) is 3.85. The maximum atomic E-state index is 13.2. The zero-order valence-corrected chi connectivity index (χ0v) is 27.1. The number of amides is 6. The van der Waals surface area contributed by atoms with Crippen LogP contribution in [0, 0.1) is 0 Å². The lowest BCUT2D eigenvalue weighted by molar-refractivity contribution is -0.134. The van der Waals surface area contributed by atoms with E-state index in [1.165, 1.54) is 31.2 Å². The number of carbonyl (C=O) groups is 7. The van der Waals surface area contributed by atoms with Gasteiger partial charge in [0.15, 0.2) is 5.96 Å². The van der Waals surface area contributed by atoms with Crippen LogP contribution < -0.4 is 60.6 Å². The van der Waals surface area contributed by atoms with Gasteiger partial charge in [-0.25, -0.2) is 4.79 Å². The molecule has 0 radical (unpaired) electrons. The van der Waals surface area contributed by atoms with Crippen molar-refractivity contribution < 1.29 is 38.7 Å². The largest absolute Gasteiger partial charge is 0.478 e. The van der Waals surface area contributed by atoms with Gasteiger partial charge in [-0.05, 0) is 44.0 Å². The third-order valence-corrected chi connectivity index (χ3v) is 6.79. The Labute approximate surface area is 281 Å². The summed E-state index contributed by atoms with van der Waals surface area (Å²) in [5.74, 6) is -6.07. The number of rotatable bonds is 20. The number of benzene rings is 1. The van der Waals surface area contributed by atoms with Gasteiger partial charge in [-0.3, -0.25) is 33.8 Å². The van der Waals surface area contributed by atoms with Crippen molar-refractivity contribution in [2.45, 2.75) is 50.0 Å². The standard InChI is InChI=1S/C27H44N12O8S/c1-13(21(41)35-15-6-4-14(5-7-15)26(46)47)34-22(42)16(3-2-8-33-27(31)32)37-24(44)18(10-29)39-25(45)19(11-30)38-23(43)17(9-28)36-20(40)12-48/h4-7,13,16-19,48H,2-3,8-12,28-30H2,1H3,(H,34,42)(H,35,41)(H,36,40)(H,37,44)(H,38,43)(H,39,45)(H,46,47)(H4,31,32,33)/t13-,16-,17?,18?,19+/m1/s1. The molecule has 0 aromatic heterocycles. The summed E-state index contributed by atoms with van der Waals surface area (Å²) in [5.41, 5.74) is 27.9. The molecule has 1 rings (SSSR count). The van der Waals surface area contributed by atoms with Crippen LogP contribution in [0.1, 0.15) is 30.1 Å². The van der Waals surface area contributed by atoms with Crippen LogP contribution in [0.3, 0.4) is 0 Å². The first-order valence-electron chi connectivity index (χ1n) is 14.6. The van der Waals surface area contributed by atoms with Crippen molar-refractivity contribution in [2.24, 2.45) is 33.7 Å². The van der Waals surface area contributed by atoms with Gasteiger partial charge in [0.25, 0.3) is 0 Å². The van der Waals surface area contributed by atoms with Crippen molar-refractivity contribution in [1.29, 1.82) is 0 Å². The number of aromatic carboxylic acids is 1. The lowest BCUT2D eigenvalue weighted by Crippen LogP contribution is -2.62. The average molecular weight is 697 g/mol. The van der Waals surface area contributed by atoms with Crippen LogP contribution in [0.4, 0.5) is 5.69 Å². The Morgan fingerprint density at radius 1 is 0.729 bits per heavy atom. The zero-order chi connectivity index (χ0) is 36.4. The molecule has 20 nitrogen and oxygen atoms in total. The minimum Gasteiger partial charge on any atom is -0.478 e. The monoisotopic (exact) mass is 696 g/mol. The number of anilines is 1. The maximum absolute atomic E-state index is 13.2. The number of nitrogens with two attached hydrogens (primary N) is 5. The second-order valence-corrected chi connectivity index (χ2v) is 10.5. The molecule has 21 heteroatoms. The Bertz CT molecular complexity index is 1330. The minimum atomic E-state index is -1.39. The van der Waals surface area contributed by atoms with Crippen LogP contribution in [0.5, 0.6) is 0 Å². The summed E-state index contributed by atoms with van der Waals surface area (Å²) in [4.78, 5) is 91.1. The van der Waals surface area contributed by atoms with E-state index in [0.717, 1.165) is 0 Å². The molecule has 2 unspecified atom stereocenters. The van der Waals surface area contributed by atoms with Gasteiger partial charge in [0.1, 0.15) is 30.2 Å². The molecule has 0 bridgehead atoms. The molecule has 48 heavy (non-hydrogen) atoms. The third-order valence-electron chi connectivity index (χ3n) is 6.50. The van der Waals surface area contributed by atoms with Gasteiger partial charge in [-0.2, -0.15) is 12.6 Å². The Morgan fingerprint density at radius 3 is 1.62 bits per heavy atom. The fraction of sp³-hybridized carbons (Fsp3) is 0.481. The molecule has 17 N–H and O–H groups in total. The van der Waals surface area contributed by atoms with E-state index in [9.17, 15) is 33.6 Å². The summed E-state index contributed by atoms with van der Waals surface area (Å²) in [6, 6.07) is -0.927. The molecule has 266 valence electrons. The van der Waals surface area contributed by atoms with Crippen LogP contribution >= 0.6 is 12.6 Å². The normalized spacial score (nSPS) is 13.7. The van der Waals surface area contributed by atoms with Gasteiger partial charge < -0.3 is 65.7 Å². The smallest absolute Gasteiger partial charge is 0.335 e. The SMILES string of the molecule is C[C@@H](NC(=O)[C@@H](CCCN=C(N)N)NC(=O)C(CN)NC(=O)[C@H](CN)NC(=O)C(CN)NC(=O)CS)C(=O)Nc1ccc(C(=O)O)cc1. The molecule has 0 aliphatic rings. The number of hydrogen-bond acceptors (Lipinski definition) is 12. The van der Waals surface area contributed by atoms with Crippen LogP contribution in [-0.2, 0) is 28.8 Å². The number of carbonyl (C=O) groups excluding carboxylic acids is 6. The van der Waals surface area contributed by atoms with E-state index in [0.29, 0.717) is 0 Å². The Kier molecular flexibility index (Phi) is 17.9. The summed E-state index contributed by atoms with van der Waals surface area (Å²) >= 11 is 3.81. The van der Waals surface area contributed by atoms with E-state index < -0.39 is 84.7 Å². The van der Waals surface area contributed by atoms with Crippen molar-refractivity contribution >= 4 is 65.7 Å². The molecule has 0 spiro atoms. The highest BCUT2D eigenvalue weighted by molar-refractivity contribution is 7.81. The van der Waals surface area contributed by atoms with E-state index in [4.69, 9.17) is 33.8 Å². The number of thiol groups is 1. The number of guanidine groups is 1. The van der Waals surface area contributed by atoms with Gasteiger partial charge in [0.05, 0.1) is 11.3 Å².